The molecule has 1 saturated heterocycles. The monoisotopic (exact) mass is 397 g/mol. The molecule has 0 bridgehead atoms. The summed E-state index contributed by atoms with van der Waals surface area (Å²) in [5.74, 6) is 0.106. The Hall–Kier alpha value is -2.74. The lowest BCUT2D eigenvalue weighted by molar-refractivity contribution is 0.0666. The molecule has 0 atom stereocenters. The molecule has 152 valence electrons. The van der Waals surface area contributed by atoms with E-state index in [1.54, 1.807) is 12.3 Å². The molecule has 2 aromatic heterocycles. The summed E-state index contributed by atoms with van der Waals surface area (Å²) in [6.07, 6.45) is 3.74. The van der Waals surface area contributed by atoms with E-state index in [2.05, 4.69) is 15.2 Å². The SMILES string of the molecule is Cc1cnn2c1C(=O)N(CCN1CCC(c3noc4cc(F)ccc34)CC1)CC2. The van der Waals surface area contributed by atoms with Gasteiger partial charge in [-0.3, -0.25) is 9.48 Å². The fourth-order valence-corrected chi connectivity index (χ4v) is 4.52. The third kappa shape index (κ3) is 3.31. The first-order valence-corrected chi connectivity index (χ1v) is 10.2. The fraction of sp³-hybridized carbons (Fsp3) is 0.476. The Morgan fingerprint density at radius 1 is 1.17 bits per heavy atom. The van der Waals surface area contributed by atoms with Gasteiger partial charge in [-0.2, -0.15) is 5.10 Å². The lowest BCUT2D eigenvalue weighted by Gasteiger charge is -2.34. The molecule has 8 heteroatoms. The van der Waals surface area contributed by atoms with Gasteiger partial charge in [0.15, 0.2) is 5.58 Å². The van der Waals surface area contributed by atoms with Crippen LogP contribution >= 0.6 is 0 Å². The van der Waals surface area contributed by atoms with Gasteiger partial charge in [0.2, 0.25) is 0 Å². The average molecular weight is 397 g/mol. The van der Waals surface area contributed by atoms with Crippen LogP contribution in [0.1, 0.15) is 40.5 Å². The van der Waals surface area contributed by atoms with Crippen LogP contribution in [0.15, 0.2) is 28.9 Å². The molecular formula is C21H24FN5O2. The van der Waals surface area contributed by atoms with E-state index in [-0.39, 0.29) is 11.7 Å². The molecule has 29 heavy (non-hydrogen) atoms. The summed E-state index contributed by atoms with van der Waals surface area (Å²) in [6, 6.07) is 4.61. The molecule has 0 radical (unpaired) electrons. The molecule has 0 spiro atoms. The Morgan fingerprint density at radius 3 is 2.83 bits per heavy atom. The summed E-state index contributed by atoms with van der Waals surface area (Å²) in [7, 11) is 0. The van der Waals surface area contributed by atoms with Gasteiger partial charge >= 0.3 is 0 Å². The van der Waals surface area contributed by atoms with E-state index in [9.17, 15) is 9.18 Å². The lowest BCUT2D eigenvalue weighted by Crippen LogP contribution is -2.45. The summed E-state index contributed by atoms with van der Waals surface area (Å²) in [5.41, 5.74) is 3.12. The van der Waals surface area contributed by atoms with Crippen LogP contribution in [0.2, 0.25) is 0 Å². The van der Waals surface area contributed by atoms with Crippen LogP contribution in [0.4, 0.5) is 4.39 Å². The topological polar surface area (TPSA) is 67.4 Å². The Kier molecular flexibility index (Phi) is 4.58. The van der Waals surface area contributed by atoms with Crippen molar-refractivity contribution in [1.82, 2.24) is 24.7 Å². The second-order valence-electron chi connectivity index (χ2n) is 8.02. The molecule has 1 fully saturated rings. The second-order valence-corrected chi connectivity index (χ2v) is 8.02. The molecule has 0 unspecified atom stereocenters. The van der Waals surface area contributed by atoms with E-state index in [0.717, 1.165) is 67.9 Å². The van der Waals surface area contributed by atoms with Crippen molar-refractivity contribution < 1.29 is 13.7 Å². The predicted molar refractivity (Wildman–Crippen MR) is 105 cm³/mol. The number of rotatable bonds is 4. The summed E-state index contributed by atoms with van der Waals surface area (Å²) >= 11 is 0. The maximum absolute atomic E-state index is 13.4. The van der Waals surface area contributed by atoms with E-state index in [1.165, 1.54) is 12.1 Å². The van der Waals surface area contributed by atoms with Crippen LogP contribution in [0.5, 0.6) is 0 Å². The van der Waals surface area contributed by atoms with Crippen LogP contribution in [-0.2, 0) is 6.54 Å². The molecule has 1 amide bonds. The van der Waals surface area contributed by atoms with Crippen molar-refractivity contribution in [3.05, 3.63) is 47.2 Å². The highest BCUT2D eigenvalue weighted by atomic mass is 19.1. The molecule has 0 N–H and O–H groups in total. The number of hydrogen-bond acceptors (Lipinski definition) is 5. The van der Waals surface area contributed by atoms with E-state index < -0.39 is 0 Å². The zero-order valence-electron chi connectivity index (χ0n) is 16.5. The van der Waals surface area contributed by atoms with Crippen molar-refractivity contribution in [2.24, 2.45) is 0 Å². The highest BCUT2D eigenvalue weighted by Crippen LogP contribution is 2.32. The van der Waals surface area contributed by atoms with E-state index in [4.69, 9.17) is 4.52 Å². The largest absolute Gasteiger partial charge is 0.356 e. The normalized spacial score (nSPS) is 18.6. The number of aromatic nitrogens is 3. The fourth-order valence-electron chi connectivity index (χ4n) is 4.52. The van der Waals surface area contributed by atoms with Gasteiger partial charge in [-0.15, -0.1) is 0 Å². The molecule has 4 heterocycles. The van der Waals surface area contributed by atoms with Crippen molar-refractivity contribution in [1.29, 1.82) is 0 Å². The number of piperidine rings is 1. The number of fused-ring (bicyclic) bond motifs is 2. The minimum absolute atomic E-state index is 0.0856. The summed E-state index contributed by atoms with van der Waals surface area (Å²) in [6.45, 7) is 6.93. The maximum Gasteiger partial charge on any atom is 0.272 e. The molecule has 1 aromatic carbocycles. The van der Waals surface area contributed by atoms with Crippen LogP contribution in [0, 0.1) is 12.7 Å². The molecule has 2 aliphatic rings. The summed E-state index contributed by atoms with van der Waals surface area (Å²) in [5, 5.41) is 9.40. The lowest BCUT2D eigenvalue weighted by atomic mass is 9.91. The van der Waals surface area contributed by atoms with Crippen molar-refractivity contribution >= 4 is 16.9 Å². The summed E-state index contributed by atoms with van der Waals surface area (Å²) < 4.78 is 20.5. The number of nitrogens with zero attached hydrogens (tertiary/aromatic N) is 5. The number of carbonyl (C=O) groups is 1. The number of likely N-dealkylation sites (tertiary alicyclic amines) is 1. The minimum Gasteiger partial charge on any atom is -0.356 e. The third-order valence-corrected chi connectivity index (χ3v) is 6.22. The van der Waals surface area contributed by atoms with Crippen LogP contribution in [-0.4, -0.2) is 63.4 Å². The molecule has 5 rings (SSSR count). The standard InChI is InChI=1S/C21H24FN5O2/c1-14-13-23-27-11-10-26(21(28)20(14)27)9-8-25-6-4-15(5-7-25)19-17-3-2-16(22)12-18(17)29-24-19/h2-3,12-13,15H,4-11H2,1H3. The van der Waals surface area contributed by atoms with Crippen molar-refractivity contribution in [2.75, 3.05) is 32.7 Å². The van der Waals surface area contributed by atoms with Crippen LogP contribution < -0.4 is 0 Å². The summed E-state index contributed by atoms with van der Waals surface area (Å²) in [4.78, 5) is 17.1. The molecule has 3 aromatic rings. The van der Waals surface area contributed by atoms with Gasteiger partial charge in [0.05, 0.1) is 18.4 Å². The number of halogens is 1. The minimum atomic E-state index is -0.305. The first-order valence-electron chi connectivity index (χ1n) is 10.2. The van der Waals surface area contributed by atoms with Crippen molar-refractivity contribution in [2.45, 2.75) is 32.2 Å². The van der Waals surface area contributed by atoms with Gasteiger partial charge in [-0.1, -0.05) is 5.16 Å². The van der Waals surface area contributed by atoms with E-state index in [0.29, 0.717) is 18.0 Å². The van der Waals surface area contributed by atoms with Gasteiger partial charge in [-0.25, -0.2) is 4.39 Å². The number of amides is 1. The molecule has 0 saturated carbocycles. The zero-order chi connectivity index (χ0) is 20.0. The Labute approximate surface area is 168 Å². The van der Waals surface area contributed by atoms with Crippen molar-refractivity contribution in [3.63, 3.8) is 0 Å². The predicted octanol–water partition coefficient (Wildman–Crippen LogP) is 2.81. The highest BCUT2D eigenvalue weighted by molar-refractivity contribution is 5.94. The number of aryl methyl sites for hydroxylation is 1. The van der Waals surface area contributed by atoms with E-state index >= 15 is 0 Å². The molecule has 7 nitrogen and oxygen atoms in total. The second kappa shape index (κ2) is 7.26. The average Bonchev–Trinajstić information content (AvgIpc) is 3.31. The first kappa shape index (κ1) is 18.3. The van der Waals surface area contributed by atoms with Gasteiger partial charge in [-0.05, 0) is 50.6 Å². The quantitative estimate of drug-likeness (QED) is 0.677. The Morgan fingerprint density at radius 2 is 2.00 bits per heavy atom. The molecule has 0 aliphatic carbocycles. The van der Waals surface area contributed by atoms with Gasteiger partial charge < -0.3 is 14.3 Å². The number of carbonyl (C=O) groups excluding carboxylic acids is 1. The van der Waals surface area contributed by atoms with Gasteiger partial charge in [0, 0.05) is 37.0 Å². The van der Waals surface area contributed by atoms with Crippen molar-refractivity contribution in [3.8, 4) is 0 Å². The van der Waals surface area contributed by atoms with E-state index in [1.807, 2.05) is 16.5 Å². The van der Waals surface area contributed by atoms with Gasteiger partial charge in [0.25, 0.3) is 5.91 Å². The third-order valence-electron chi connectivity index (χ3n) is 6.22. The number of benzene rings is 1. The Bertz CT molecular complexity index is 1050. The Balaban J connectivity index is 1.17. The zero-order valence-corrected chi connectivity index (χ0v) is 16.5. The molecular weight excluding hydrogens is 373 g/mol. The first-order chi connectivity index (χ1) is 14.1. The smallest absolute Gasteiger partial charge is 0.272 e. The maximum atomic E-state index is 13.4. The molecule has 2 aliphatic heterocycles. The van der Waals surface area contributed by atoms with Gasteiger partial charge in [0.1, 0.15) is 11.5 Å². The number of hydrogen-bond donors (Lipinski definition) is 0. The highest BCUT2D eigenvalue weighted by Gasteiger charge is 2.29. The van der Waals surface area contributed by atoms with Crippen LogP contribution in [0.3, 0.4) is 0 Å². The van der Waals surface area contributed by atoms with Crippen LogP contribution in [0.25, 0.3) is 11.0 Å².